The maximum Gasteiger partial charge on any atom is 0.174 e. The van der Waals surface area contributed by atoms with Crippen molar-refractivity contribution in [2.45, 2.75) is 16.6 Å². The molecule has 2 aromatic heterocycles. The highest BCUT2D eigenvalue weighted by molar-refractivity contribution is 14.1. The van der Waals surface area contributed by atoms with E-state index in [1.165, 1.54) is 0 Å². The zero-order valence-electron chi connectivity index (χ0n) is 14.2. The van der Waals surface area contributed by atoms with Gasteiger partial charge in [0, 0.05) is 27.8 Å². The van der Waals surface area contributed by atoms with Gasteiger partial charge in [-0.1, -0.05) is 11.8 Å². The summed E-state index contributed by atoms with van der Waals surface area (Å²) < 4.78 is 14.6. The highest BCUT2D eigenvalue weighted by Crippen LogP contribution is 2.40. The zero-order valence-corrected chi connectivity index (χ0v) is 17.1. The van der Waals surface area contributed by atoms with Gasteiger partial charge in [0.2, 0.25) is 0 Å². The molecule has 0 unspecified atom stereocenters. The number of ether oxygens (including phenoxy) is 2. The minimum absolute atomic E-state index is 0.449. The number of benzene rings is 1. The van der Waals surface area contributed by atoms with Crippen LogP contribution in [0.1, 0.15) is 0 Å². The molecule has 3 aromatic rings. The summed E-state index contributed by atoms with van der Waals surface area (Å²) in [4.78, 5) is 9.98. The van der Waals surface area contributed by atoms with Crippen molar-refractivity contribution in [3.63, 3.8) is 0 Å². The number of halogens is 1. The highest BCUT2D eigenvalue weighted by atomic mass is 127. The number of imidazole rings is 1. The third-order valence-corrected chi connectivity index (χ3v) is 6.35. The Morgan fingerprint density at radius 1 is 1.31 bits per heavy atom. The van der Waals surface area contributed by atoms with Gasteiger partial charge in [0.15, 0.2) is 22.5 Å². The number of likely N-dealkylation sites (N-methyl/N-ethyl adjacent to an activating group) is 1. The molecule has 3 N–H and O–H groups in total. The number of rotatable bonds is 5. The van der Waals surface area contributed by atoms with E-state index >= 15 is 0 Å². The topological polar surface area (TPSA) is 87.2 Å². The van der Waals surface area contributed by atoms with Crippen LogP contribution in [0.25, 0.3) is 11.0 Å². The van der Waals surface area contributed by atoms with E-state index in [4.69, 9.17) is 20.2 Å². The smallest absolute Gasteiger partial charge is 0.174 e. The number of anilines is 1. The Morgan fingerprint density at radius 2 is 2.08 bits per heavy atom. The normalized spacial score (nSPS) is 13.3. The number of nitrogens with zero attached hydrogens (tertiary/aromatic N) is 3. The summed E-state index contributed by atoms with van der Waals surface area (Å²) in [6.45, 7) is 2.78. The molecule has 1 aliphatic rings. The summed E-state index contributed by atoms with van der Waals surface area (Å²) in [5, 5.41) is 4.07. The molecule has 1 aliphatic heterocycles. The van der Waals surface area contributed by atoms with Gasteiger partial charge in [0.1, 0.15) is 18.7 Å². The molecule has 0 radical (unpaired) electrons. The Bertz CT molecular complexity index is 962. The van der Waals surface area contributed by atoms with Crippen LogP contribution in [0.4, 0.5) is 5.82 Å². The van der Waals surface area contributed by atoms with Crippen LogP contribution < -0.4 is 20.5 Å². The van der Waals surface area contributed by atoms with E-state index in [2.05, 4.69) is 37.5 Å². The standard InChI is InChI=1S/C17H18IN5O2S/c1-20-4-5-23-11-2-3-21-16(19)15(11)22-17(23)26-14-9-13-12(8-10(14)18)24-6-7-25-13/h2-3,8-9,20H,4-7H2,1H3,(H2,19,21). The number of hydrogen-bond acceptors (Lipinski definition) is 7. The molecule has 7 nitrogen and oxygen atoms in total. The van der Waals surface area contributed by atoms with Crippen LogP contribution in [-0.2, 0) is 6.54 Å². The Morgan fingerprint density at radius 3 is 2.85 bits per heavy atom. The molecule has 0 saturated heterocycles. The number of pyridine rings is 1. The summed E-state index contributed by atoms with van der Waals surface area (Å²) in [6, 6.07) is 5.98. The fourth-order valence-electron chi connectivity index (χ4n) is 2.79. The van der Waals surface area contributed by atoms with Gasteiger partial charge in [-0.25, -0.2) is 9.97 Å². The van der Waals surface area contributed by atoms with Crippen molar-refractivity contribution in [3.05, 3.63) is 28.0 Å². The average molecular weight is 483 g/mol. The van der Waals surface area contributed by atoms with Crippen LogP contribution in [0.15, 0.2) is 34.4 Å². The molecular formula is C17H18IN5O2S. The van der Waals surface area contributed by atoms with Gasteiger partial charge in [-0.15, -0.1) is 0 Å². The molecule has 4 rings (SSSR count). The molecule has 1 aromatic carbocycles. The Labute approximate surface area is 168 Å². The highest BCUT2D eigenvalue weighted by Gasteiger charge is 2.19. The number of nitrogens with two attached hydrogens (primary N) is 1. The van der Waals surface area contributed by atoms with Crippen molar-refractivity contribution >= 4 is 51.2 Å². The predicted molar refractivity (Wildman–Crippen MR) is 110 cm³/mol. The molecule has 0 bridgehead atoms. The maximum atomic E-state index is 6.03. The first-order valence-corrected chi connectivity index (χ1v) is 10.1. The summed E-state index contributed by atoms with van der Waals surface area (Å²) in [5.41, 5.74) is 7.76. The van der Waals surface area contributed by atoms with E-state index < -0.39 is 0 Å². The van der Waals surface area contributed by atoms with Crippen molar-refractivity contribution in [2.75, 3.05) is 32.5 Å². The van der Waals surface area contributed by atoms with Gasteiger partial charge < -0.3 is 25.1 Å². The monoisotopic (exact) mass is 483 g/mol. The summed E-state index contributed by atoms with van der Waals surface area (Å²) in [5.74, 6) is 2.02. The lowest BCUT2D eigenvalue weighted by Crippen LogP contribution is -2.16. The molecule has 0 atom stereocenters. The average Bonchev–Trinajstić information content (AvgIpc) is 2.99. The molecular weight excluding hydrogens is 465 g/mol. The van der Waals surface area contributed by atoms with Crippen molar-refractivity contribution in [3.8, 4) is 11.5 Å². The van der Waals surface area contributed by atoms with Gasteiger partial charge in [0.05, 0.1) is 5.52 Å². The lowest BCUT2D eigenvalue weighted by molar-refractivity contribution is 0.171. The van der Waals surface area contributed by atoms with Gasteiger partial charge in [-0.05, 0) is 47.8 Å². The first-order chi connectivity index (χ1) is 12.7. The van der Waals surface area contributed by atoms with E-state index in [0.29, 0.717) is 19.0 Å². The minimum atomic E-state index is 0.449. The van der Waals surface area contributed by atoms with E-state index in [9.17, 15) is 0 Å². The van der Waals surface area contributed by atoms with Crippen molar-refractivity contribution in [2.24, 2.45) is 0 Å². The molecule has 0 fully saturated rings. The Kier molecular flexibility index (Phi) is 5.09. The number of nitrogens with one attached hydrogen (secondary N) is 1. The predicted octanol–water partition coefficient (Wildman–Crippen LogP) is 2.76. The first-order valence-electron chi connectivity index (χ1n) is 8.19. The fourth-order valence-corrected chi connectivity index (χ4v) is 4.52. The van der Waals surface area contributed by atoms with Crippen LogP contribution in [0.2, 0.25) is 0 Å². The van der Waals surface area contributed by atoms with E-state index in [-0.39, 0.29) is 0 Å². The van der Waals surface area contributed by atoms with E-state index in [1.54, 1.807) is 18.0 Å². The number of aromatic nitrogens is 3. The third-order valence-electron chi connectivity index (χ3n) is 4.04. The second-order valence-electron chi connectivity index (χ2n) is 5.74. The number of nitrogen functional groups attached to an aromatic ring is 1. The summed E-state index contributed by atoms with van der Waals surface area (Å²) in [6.07, 6.45) is 1.72. The molecule has 0 aliphatic carbocycles. The summed E-state index contributed by atoms with van der Waals surface area (Å²) in [7, 11) is 1.94. The lowest BCUT2D eigenvalue weighted by Gasteiger charge is -2.19. The molecule has 0 saturated carbocycles. The largest absolute Gasteiger partial charge is 0.486 e. The van der Waals surface area contributed by atoms with Crippen molar-refractivity contribution in [1.82, 2.24) is 19.9 Å². The SMILES string of the molecule is CNCCn1c(Sc2cc3c(cc2I)OCCO3)nc2c(N)nccc21. The van der Waals surface area contributed by atoms with Crippen LogP contribution >= 0.6 is 34.4 Å². The maximum absolute atomic E-state index is 6.03. The number of hydrogen-bond donors (Lipinski definition) is 2. The van der Waals surface area contributed by atoms with Crippen LogP contribution in [-0.4, -0.2) is 41.3 Å². The Balaban J connectivity index is 1.76. The van der Waals surface area contributed by atoms with Gasteiger partial charge in [-0.3, -0.25) is 0 Å². The first kappa shape index (κ1) is 17.7. The van der Waals surface area contributed by atoms with Crippen LogP contribution in [0, 0.1) is 3.57 Å². The molecule has 9 heteroatoms. The van der Waals surface area contributed by atoms with Gasteiger partial charge in [-0.2, -0.15) is 0 Å². The molecule has 0 spiro atoms. The van der Waals surface area contributed by atoms with Crippen LogP contribution in [0.5, 0.6) is 11.5 Å². The molecule has 136 valence electrons. The molecule has 0 amide bonds. The van der Waals surface area contributed by atoms with E-state index in [1.807, 2.05) is 25.2 Å². The van der Waals surface area contributed by atoms with Crippen LogP contribution in [0.3, 0.4) is 0 Å². The van der Waals surface area contributed by atoms with Crippen molar-refractivity contribution < 1.29 is 9.47 Å². The quantitative estimate of drug-likeness (QED) is 0.540. The number of fused-ring (bicyclic) bond motifs is 2. The third kappa shape index (κ3) is 3.30. The second-order valence-corrected chi connectivity index (χ2v) is 7.91. The van der Waals surface area contributed by atoms with Gasteiger partial charge in [0.25, 0.3) is 0 Å². The lowest BCUT2D eigenvalue weighted by atomic mass is 10.3. The van der Waals surface area contributed by atoms with E-state index in [0.717, 1.165) is 49.2 Å². The molecule has 26 heavy (non-hydrogen) atoms. The summed E-state index contributed by atoms with van der Waals surface area (Å²) >= 11 is 3.91. The zero-order chi connectivity index (χ0) is 18.1. The fraction of sp³-hybridized carbons (Fsp3) is 0.294. The molecule has 3 heterocycles. The van der Waals surface area contributed by atoms with Crippen molar-refractivity contribution in [1.29, 1.82) is 0 Å². The minimum Gasteiger partial charge on any atom is -0.486 e. The van der Waals surface area contributed by atoms with Gasteiger partial charge >= 0.3 is 0 Å². The second kappa shape index (κ2) is 7.49. The Hall–Kier alpha value is -1.72.